The van der Waals surface area contributed by atoms with E-state index >= 15 is 0 Å². The number of hydrogen-bond acceptors (Lipinski definition) is 2. The van der Waals surface area contributed by atoms with Crippen LogP contribution >= 0.6 is 22.6 Å². The Kier molecular flexibility index (Phi) is 2.58. The summed E-state index contributed by atoms with van der Waals surface area (Å²) in [7, 11) is 0. The summed E-state index contributed by atoms with van der Waals surface area (Å²) >= 11 is 1.86. The van der Waals surface area contributed by atoms with E-state index in [2.05, 4.69) is 4.98 Å². The molecule has 0 aliphatic rings. The number of halogens is 3. The van der Waals surface area contributed by atoms with Crippen LogP contribution in [0.1, 0.15) is 12.0 Å². The number of aromatic nitrogens is 1. The molecule has 0 amide bonds. The molecule has 1 heterocycles. The molecule has 2 nitrogen and oxygen atoms in total. The molecule has 1 rings (SSSR count). The fraction of sp³-hybridized carbons (Fsp3) is 0.167. The van der Waals surface area contributed by atoms with Crippen molar-refractivity contribution in [3.63, 3.8) is 0 Å². The average Bonchev–Trinajstić information content (AvgIpc) is 1.94. The molecule has 11 heavy (non-hydrogen) atoms. The predicted octanol–water partition coefficient (Wildman–Crippen LogP) is 2.21. The number of nitrogens with zero attached hydrogens (tertiary/aromatic N) is 1. The van der Waals surface area contributed by atoms with E-state index in [1.54, 1.807) is 0 Å². The summed E-state index contributed by atoms with van der Waals surface area (Å²) in [5.74, 6) is 0. The molecule has 0 aromatic carbocycles. The van der Waals surface area contributed by atoms with E-state index in [0.717, 1.165) is 0 Å². The molecule has 5 heteroatoms. The fourth-order valence-corrected chi connectivity index (χ4v) is 1.12. The van der Waals surface area contributed by atoms with Gasteiger partial charge in [0.1, 0.15) is 3.70 Å². The van der Waals surface area contributed by atoms with Crippen molar-refractivity contribution in [1.82, 2.24) is 4.98 Å². The molecule has 1 aromatic heterocycles. The summed E-state index contributed by atoms with van der Waals surface area (Å²) in [5.41, 5.74) is 5.14. The second-order valence-corrected chi connectivity index (χ2v) is 3.04. The van der Waals surface area contributed by atoms with Crippen LogP contribution in [0.15, 0.2) is 12.3 Å². The molecule has 0 radical (unpaired) electrons. The topological polar surface area (TPSA) is 38.9 Å². The second-order valence-electron chi connectivity index (χ2n) is 1.94. The number of anilines is 1. The molecule has 0 spiro atoms. The highest BCUT2D eigenvalue weighted by Gasteiger charge is 2.11. The first-order chi connectivity index (χ1) is 5.11. The average molecular weight is 270 g/mol. The van der Waals surface area contributed by atoms with Gasteiger partial charge in [0.25, 0.3) is 6.43 Å². The SMILES string of the molecule is Nc1cnc(I)cc1C(F)F. The maximum atomic E-state index is 12.1. The van der Waals surface area contributed by atoms with Crippen molar-refractivity contribution in [3.05, 3.63) is 21.5 Å². The van der Waals surface area contributed by atoms with Gasteiger partial charge in [-0.1, -0.05) is 0 Å². The van der Waals surface area contributed by atoms with Crippen molar-refractivity contribution in [1.29, 1.82) is 0 Å². The Labute approximate surface area is 75.9 Å². The van der Waals surface area contributed by atoms with Crippen molar-refractivity contribution in [2.75, 3.05) is 5.73 Å². The van der Waals surface area contributed by atoms with Crippen molar-refractivity contribution < 1.29 is 8.78 Å². The predicted molar refractivity (Wildman–Crippen MR) is 46.3 cm³/mol. The second kappa shape index (κ2) is 3.29. The van der Waals surface area contributed by atoms with E-state index in [0.29, 0.717) is 3.70 Å². The van der Waals surface area contributed by atoms with Crippen LogP contribution in [0.25, 0.3) is 0 Å². The minimum Gasteiger partial charge on any atom is -0.397 e. The molecule has 0 atom stereocenters. The standard InChI is InChI=1S/C6H5F2IN2/c7-6(8)3-1-5(9)11-2-4(3)10/h1-2,6H,10H2. The summed E-state index contributed by atoms with van der Waals surface area (Å²) in [5, 5.41) is 0. The Morgan fingerprint density at radius 2 is 2.18 bits per heavy atom. The molecular formula is C6H5F2IN2. The normalized spacial score (nSPS) is 10.5. The highest BCUT2D eigenvalue weighted by molar-refractivity contribution is 14.1. The van der Waals surface area contributed by atoms with E-state index < -0.39 is 6.43 Å². The highest BCUT2D eigenvalue weighted by atomic mass is 127. The van der Waals surface area contributed by atoms with Gasteiger partial charge < -0.3 is 5.73 Å². The molecule has 60 valence electrons. The zero-order chi connectivity index (χ0) is 8.43. The lowest BCUT2D eigenvalue weighted by Crippen LogP contribution is -1.96. The Hall–Kier alpha value is -0.460. The van der Waals surface area contributed by atoms with Crippen LogP contribution in [-0.4, -0.2) is 4.98 Å². The Bertz CT molecular complexity index is 265. The van der Waals surface area contributed by atoms with E-state index in [-0.39, 0.29) is 11.3 Å². The van der Waals surface area contributed by atoms with Crippen LogP contribution in [0.4, 0.5) is 14.5 Å². The molecule has 0 saturated heterocycles. The number of hydrogen-bond donors (Lipinski definition) is 1. The van der Waals surface area contributed by atoms with Crippen LogP contribution < -0.4 is 5.73 Å². The third kappa shape index (κ3) is 1.98. The molecule has 0 aliphatic heterocycles. The van der Waals surface area contributed by atoms with Gasteiger partial charge in [0, 0.05) is 5.56 Å². The lowest BCUT2D eigenvalue weighted by atomic mass is 10.2. The number of rotatable bonds is 1. The zero-order valence-electron chi connectivity index (χ0n) is 5.39. The minimum atomic E-state index is -2.52. The van der Waals surface area contributed by atoms with Gasteiger partial charge >= 0.3 is 0 Å². The molecule has 1 aromatic rings. The summed E-state index contributed by atoms with van der Waals surface area (Å²) < 4.78 is 24.7. The van der Waals surface area contributed by atoms with Gasteiger partial charge in [0.15, 0.2) is 0 Å². The van der Waals surface area contributed by atoms with E-state index in [4.69, 9.17) is 5.73 Å². The summed E-state index contributed by atoms with van der Waals surface area (Å²) in [6, 6.07) is 1.28. The van der Waals surface area contributed by atoms with E-state index in [1.807, 2.05) is 22.6 Å². The van der Waals surface area contributed by atoms with Gasteiger partial charge in [-0.15, -0.1) is 0 Å². The van der Waals surface area contributed by atoms with E-state index in [1.165, 1.54) is 12.3 Å². The van der Waals surface area contributed by atoms with Gasteiger partial charge in [-0.25, -0.2) is 13.8 Å². The third-order valence-electron chi connectivity index (χ3n) is 1.17. The van der Waals surface area contributed by atoms with Crippen LogP contribution in [-0.2, 0) is 0 Å². The van der Waals surface area contributed by atoms with Crippen molar-refractivity contribution in [2.24, 2.45) is 0 Å². The maximum absolute atomic E-state index is 12.1. The Morgan fingerprint density at radius 3 is 2.64 bits per heavy atom. The molecule has 2 N–H and O–H groups in total. The minimum absolute atomic E-state index is 0.0421. The molecule has 0 aliphatic carbocycles. The van der Waals surface area contributed by atoms with E-state index in [9.17, 15) is 8.78 Å². The Balaban J connectivity index is 3.13. The lowest BCUT2D eigenvalue weighted by Gasteiger charge is -2.02. The first-order valence-electron chi connectivity index (χ1n) is 2.80. The summed E-state index contributed by atoms with van der Waals surface area (Å²) in [6.45, 7) is 0. The number of pyridine rings is 1. The van der Waals surface area contributed by atoms with Gasteiger partial charge in [-0.2, -0.15) is 0 Å². The van der Waals surface area contributed by atoms with Crippen molar-refractivity contribution in [2.45, 2.75) is 6.43 Å². The zero-order valence-corrected chi connectivity index (χ0v) is 7.55. The van der Waals surface area contributed by atoms with Gasteiger partial charge in [0.05, 0.1) is 11.9 Å². The first-order valence-corrected chi connectivity index (χ1v) is 3.88. The van der Waals surface area contributed by atoms with Gasteiger partial charge in [-0.3, -0.25) is 0 Å². The fourth-order valence-electron chi connectivity index (χ4n) is 0.644. The quantitative estimate of drug-likeness (QED) is 0.627. The number of alkyl halides is 2. The molecule has 0 saturated carbocycles. The molecule has 0 bridgehead atoms. The highest BCUT2D eigenvalue weighted by Crippen LogP contribution is 2.24. The third-order valence-corrected chi connectivity index (χ3v) is 1.76. The van der Waals surface area contributed by atoms with Crippen LogP contribution in [0, 0.1) is 3.70 Å². The van der Waals surface area contributed by atoms with Crippen LogP contribution in [0.5, 0.6) is 0 Å². The smallest absolute Gasteiger partial charge is 0.265 e. The van der Waals surface area contributed by atoms with Crippen molar-refractivity contribution in [3.8, 4) is 0 Å². The Morgan fingerprint density at radius 1 is 1.55 bits per heavy atom. The first kappa shape index (κ1) is 8.63. The van der Waals surface area contributed by atoms with Gasteiger partial charge in [-0.05, 0) is 28.7 Å². The maximum Gasteiger partial charge on any atom is 0.265 e. The largest absolute Gasteiger partial charge is 0.397 e. The van der Waals surface area contributed by atoms with Crippen LogP contribution in [0.2, 0.25) is 0 Å². The molecule has 0 fully saturated rings. The number of nitrogen functional groups attached to an aromatic ring is 1. The molecule has 0 unspecified atom stereocenters. The summed E-state index contributed by atoms with van der Waals surface area (Å²) in [4.78, 5) is 3.75. The molecular weight excluding hydrogens is 265 g/mol. The summed E-state index contributed by atoms with van der Waals surface area (Å²) in [6.07, 6.45) is -1.28. The number of nitrogens with two attached hydrogens (primary N) is 1. The lowest BCUT2D eigenvalue weighted by molar-refractivity contribution is 0.152. The van der Waals surface area contributed by atoms with Crippen molar-refractivity contribution >= 4 is 28.3 Å². The van der Waals surface area contributed by atoms with Gasteiger partial charge in [0.2, 0.25) is 0 Å². The monoisotopic (exact) mass is 270 g/mol. The van der Waals surface area contributed by atoms with Crippen LogP contribution in [0.3, 0.4) is 0 Å².